The summed E-state index contributed by atoms with van der Waals surface area (Å²) in [5, 5.41) is 17.2. The van der Waals surface area contributed by atoms with E-state index in [1.807, 2.05) is 17.9 Å². The SMILES string of the molecule is Cc1cc(C[C@@H]2CN(Cc3ccc(C(F)(F)F)cc3F)C[C@H]2O)n[nH]1. The van der Waals surface area contributed by atoms with Crippen molar-refractivity contribution in [3.8, 4) is 0 Å². The van der Waals surface area contributed by atoms with Crippen molar-refractivity contribution in [1.29, 1.82) is 0 Å². The summed E-state index contributed by atoms with van der Waals surface area (Å²) in [4.78, 5) is 1.85. The first kappa shape index (κ1) is 17.9. The van der Waals surface area contributed by atoms with Crippen LogP contribution in [0, 0.1) is 18.7 Å². The predicted octanol–water partition coefficient (Wildman–Crippen LogP) is 2.91. The number of nitrogens with zero attached hydrogens (tertiary/aromatic N) is 2. The van der Waals surface area contributed by atoms with E-state index in [2.05, 4.69) is 10.2 Å². The average Bonchev–Trinajstić information content (AvgIpc) is 3.07. The molecule has 2 aromatic rings. The molecular weight excluding hydrogens is 338 g/mol. The van der Waals surface area contributed by atoms with Crippen molar-refractivity contribution in [2.45, 2.75) is 32.2 Å². The van der Waals surface area contributed by atoms with E-state index in [1.54, 1.807) is 0 Å². The highest BCUT2D eigenvalue weighted by Gasteiger charge is 2.33. The van der Waals surface area contributed by atoms with Crippen LogP contribution in [0.25, 0.3) is 0 Å². The number of alkyl halides is 3. The zero-order valence-electron chi connectivity index (χ0n) is 13.6. The molecule has 2 atom stereocenters. The molecule has 3 rings (SSSR count). The Morgan fingerprint density at radius 1 is 1.28 bits per heavy atom. The summed E-state index contributed by atoms with van der Waals surface area (Å²) in [7, 11) is 0. The van der Waals surface area contributed by atoms with Gasteiger partial charge < -0.3 is 5.11 Å². The lowest BCUT2D eigenvalue weighted by Gasteiger charge is -2.17. The van der Waals surface area contributed by atoms with E-state index in [0.717, 1.165) is 23.5 Å². The minimum atomic E-state index is -4.56. The number of aromatic nitrogens is 2. The molecule has 2 N–H and O–H groups in total. The Balaban J connectivity index is 1.64. The molecule has 0 spiro atoms. The number of aromatic amines is 1. The van der Waals surface area contributed by atoms with Gasteiger partial charge in [0.1, 0.15) is 5.82 Å². The lowest BCUT2D eigenvalue weighted by Crippen LogP contribution is -2.22. The van der Waals surface area contributed by atoms with Crippen molar-refractivity contribution < 1.29 is 22.7 Å². The monoisotopic (exact) mass is 357 g/mol. The molecule has 25 heavy (non-hydrogen) atoms. The van der Waals surface area contributed by atoms with Crippen molar-refractivity contribution >= 4 is 0 Å². The van der Waals surface area contributed by atoms with Gasteiger partial charge in [0.25, 0.3) is 0 Å². The molecule has 0 bridgehead atoms. The van der Waals surface area contributed by atoms with E-state index < -0.39 is 23.7 Å². The summed E-state index contributed by atoms with van der Waals surface area (Å²) in [5.74, 6) is -0.920. The first-order valence-electron chi connectivity index (χ1n) is 7.99. The number of hydrogen-bond acceptors (Lipinski definition) is 3. The second kappa shape index (κ2) is 6.76. The zero-order valence-corrected chi connectivity index (χ0v) is 13.6. The van der Waals surface area contributed by atoms with Crippen LogP contribution in [0.3, 0.4) is 0 Å². The van der Waals surface area contributed by atoms with Crippen molar-refractivity contribution in [2.75, 3.05) is 13.1 Å². The molecule has 0 radical (unpaired) electrons. The molecule has 0 unspecified atom stereocenters. The number of hydrogen-bond donors (Lipinski definition) is 2. The Kier molecular flexibility index (Phi) is 4.83. The molecule has 2 heterocycles. The quantitative estimate of drug-likeness (QED) is 0.828. The summed E-state index contributed by atoms with van der Waals surface area (Å²) in [6.07, 6.45) is -4.54. The highest BCUT2D eigenvalue weighted by molar-refractivity contribution is 5.26. The van der Waals surface area contributed by atoms with Crippen molar-refractivity contribution in [2.24, 2.45) is 5.92 Å². The van der Waals surface area contributed by atoms with Crippen LogP contribution < -0.4 is 0 Å². The van der Waals surface area contributed by atoms with Gasteiger partial charge in [-0.2, -0.15) is 18.3 Å². The van der Waals surface area contributed by atoms with Gasteiger partial charge >= 0.3 is 6.18 Å². The number of β-amino-alcohol motifs (C(OH)–C–C–N with tert-alkyl or cyclic N) is 1. The van der Waals surface area contributed by atoms with Crippen LogP contribution in [0.5, 0.6) is 0 Å². The molecule has 0 saturated carbocycles. The van der Waals surface area contributed by atoms with Gasteiger partial charge in [-0.3, -0.25) is 10.00 Å². The van der Waals surface area contributed by atoms with Crippen LogP contribution >= 0.6 is 0 Å². The zero-order chi connectivity index (χ0) is 18.2. The van der Waals surface area contributed by atoms with E-state index in [-0.39, 0.29) is 18.0 Å². The number of halogens is 4. The van der Waals surface area contributed by atoms with Crippen LogP contribution in [-0.4, -0.2) is 39.4 Å². The average molecular weight is 357 g/mol. The molecule has 1 fully saturated rings. The molecule has 1 aromatic carbocycles. The third-order valence-electron chi connectivity index (χ3n) is 4.49. The fourth-order valence-electron chi connectivity index (χ4n) is 3.21. The van der Waals surface area contributed by atoms with Crippen molar-refractivity contribution in [3.63, 3.8) is 0 Å². The fourth-order valence-corrected chi connectivity index (χ4v) is 3.21. The van der Waals surface area contributed by atoms with E-state index in [4.69, 9.17) is 0 Å². The summed E-state index contributed by atoms with van der Waals surface area (Å²) >= 11 is 0. The normalized spacial score (nSPS) is 21.8. The van der Waals surface area contributed by atoms with Crippen LogP contribution in [-0.2, 0) is 19.1 Å². The molecule has 1 aliphatic heterocycles. The first-order chi connectivity index (χ1) is 11.7. The van der Waals surface area contributed by atoms with Gasteiger partial charge in [-0.15, -0.1) is 0 Å². The lowest BCUT2D eigenvalue weighted by atomic mass is 10.0. The Morgan fingerprint density at radius 2 is 2.04 bits per heavy atom. The van der Waals surface area contributed by atoms with Gasteiger partial charge in [-0.05, 0) is 31.5 Å². The highest BCUT2D eigenvalue weighted by atomic mass is 19.4. The number of aliphatic hydroxyl groups excluding tert-OH is 1. The van der Waals surface area contributed by atoms with Gasteiger partial charge in [0.15, 0.2) is 0 Å². The Hall–Kier alpha value is -1.93. The predicted molar refractivity (Wildman–Crippen MR) is 83.2 cm³/mol. The number of aryl methyl sites for hydroxylation is 1. The molecule has 1 aromatic heterocycles. The maximum atomic E-state index is 14.0. The van der Waals surface area contributed by atoms with Crippen molar-refractivity contribution in [1.82, 2.24) is 15.1 Å². The largest absolute Gasteiger partial charge is 0.416 e. The van der Waals surface area contributed by atoms with Gasteiger partial charge in [0.2, 0.25) is 0 Å². The molecule has 4 nitrogen and oxygen atoms in total. The first-order valence-corrected chi connectivity index (χ1v) is 7.99. The van der Waals surface area contributed by atoms with E-state index >= 15 is 0 Å². The van der Waals surface area contributed by atoms with Gasteiger partial charge in [-0.25, -0.2) is 4.39 Å². The standard InChI is InChI=1S/C17H19F4N3O/c1-10-4-14(23-22-10)5-12-8-24(9-16(12)25)7-11-2-3-13(6-15(11)18)17(19,20)21/h2-4,6,12,16,25H,5,7-9H2,1H3,(H,22,23)/t12-,16-/m1/s1. The number of likely N-dealkylation sites (tertiary alicyclic amines) is 1. The summed E-state index contributed by atoms with van der Waals surface area (Å²) in [6.45, 7) is 2.94. The molecule has 0 amide bonds. The molecule has 1 aliphatic rings. The minimum Gasteiger partial charge on any atom is -0.391 e. The molecule has 136 valence electrons. The Bertz CT molecular complexity index is 744. The second-order valence-electron chi connectivity index (χ2n) is 6.57. The highest BCUT2D eigenvalue weighted by Crippen LogP contribution is 2.31. The van der Waals surface area contributed by atoms with Crippen LogP contribution in [0.15, 0.2) is 24.3 Å². The second-order valence-corrected chi connectivity index (χ2v) is 6.57. The van der Waals surface area contributed by atoms with Gasteiger partial charge in [0, 0.05) is 36.8 Å². The van der Waals surface area contributed by atoms with Gasteiger partial charge in [-0.1, -0.05) is 6.07 Å². The third kappa shape index (κ3) is 4.19. The summed E-state index contributed by atoms with van der Waals surface area (Å²) in [6, 6.07) is 4.47. The smallest absolute Gasteiger partial charge is 0.391 e. The van der Waals surface area contributed by atoms with E-state index in [9.17, 15) is 22.7 Å². The maximum Gasteiger partial charge on any atom is 0.416 e. The van der Waals surface area contributed by atoms with Crippen LogP contribution in [0.1, 0.15) is 22.5 Å². The number of rotatable bonds is 4. The molecular formula is C17H19F4N3O. The number of nitrogens with one attached hydrogen (secondary N) is 1. The third-order valence-corrected chi connectivity index (χ3v) is 4.49. The number of H-pyrrole nitrogens is 1. The Morgan fingerprint density at radius 3 is 2.64 bits per heavy atom. The Labute approximate surface area is 142 Å². The number of aliphatic hydroxyl groups is 1. The van der Waals surface area contributed by atoms with E-state index in [1.165, 1.54) is 0 Å². The topological polar surface area (TPSA) is 52.1 Å². The summed E-state index contributed by atoms with van der Waals surface area (Å²) in [5.41, 5.74) is 0.980. The lowest BCUT2D eigenvalue weighted by molar-refractivity contribution is -0.137. The number of benzene rings is 1. The van der Waals surface area contributed by atoms with Crippen LogP contribution in [0.2, 0.25) is 0 Å². The molecule has 0 aliphatic carbocycles. The molecule has 8 heteroatoms. The van der Waals surface area contributed by atoms with Crippen molar-refractivity contribution in [3.05, 3.63) is 52.6 Å². The van der Waals surface area contributed by atoms with E-state index in [0.29, 0.717) is 25.6 Å². The van der Waals surface area contributed by atoms with Gasteiger partial charge in [0.05, 0.1) is 17.4 Å². The van der Waals surface area contributed by atoms with Crippen LogP contribution in [0.4, 0.5) is 17.6 Å². The molecule has 1 saturated heterocycles. The maximum absolute atomic E-state index is 14.0. The fraction of sp³-hybridized carbons (Fsp3) is 0.471. The minimum absolute atomic E-state index is 0.0415. The summed E-state index contributed by atoms with van der Waals surface area (Å²) < 4.78 is 51.8.